The molecule has 0 spiro atoms. The Kier molecular flexibility index (Phi) is 6.72. The van der Waals surface area contributed by atoms with Gasteiger partial charge in [-0.2, -0.15) is 0 Å². The van der Waals surface area contributed by atoms with Crippen molar-refractivity contribution in [1.82, 2.24) is 15.5 Å². The molecule has 2 N–H and O–H groups in total. The number of hydrogen-bond acceptors (Lipinski definition) is 5. The van der Waals surface area contributed by atoms with E-state index < -0.39 is 0 Å². The fourth-order valence-electron chi connectivity index (χ4n) is 1.66. The van der Waals surface area contributed by atoms with Crippen LogP contribution < -0.4 is 10.6 Å². The van der Waals surface area contributed by atoms with Gasteiger partial charge >= 0.3 is 6.01 Å². The Morgan fingerprint density at radius 3 is 2.61 bits per heavy atom. The Morgan fingerprint density at radius 2 is 1.94 bits per heavy atom. The van der Waals surface area contributed by atoms with Crippen LogP contribution in [0.1, 0.15) is 59.3 Å². The van der Waals surface area contributed by atoms with Gasteiger partial charge in [0.25, 0.3) is 0 Å². The number of nitrogens with zero attached hydrogens (tertiary/aromatic N) is 2. The molecule has 1 heterocycles. The van der Waals surface area contributed by atoms with Crippen LogP contribution in [0, 0.1) is 0 Å². The first-order valence-corrected chi connectivity index (χ1v) is 6.94. The zero-order chi connectivity index (χ0) is 13.4. The maximum absolute atomic E-state index is 5.52. The largest absolute Gasteiger partial charge is 0.407 e. The maximum atomic E-state index is 5.52. The van der Waals surface area contributed by atoms with Crippen molar-refractivity contribution >= 4 is 6.01 Å². The minimum absolute atomic E-state index is 0.378. The Hall–Kier alpha value is -1.10. The van der Waals surface area contributed by atoms with Crippen molar-refractivity contribution in [2.75, 3.05) is 5.32 Å². The van der Waals surface area contributed by atoms with Crippen molar-refractivity contribution in [1.29, 1.82) is 0 Å². The summed E-state index contributed by atoms with van der Waals surface area (Å²) in [5.41, 5.74) is 0. The summed E-state index contributed by atoms with van der Waals surface area (Å²) in [6, 6.07) is 1.32. The molecule has 18 heavy (non-hydrogen) atoms. The number of aromatic nitrogens is 2. The van der Waals surface area contributed by atoms with Gasteiger partial charge in [-0.15, -0.1) is 5.10 Å². The van der Waals surface area contributed by atoms with E-state index in [-0.39, 0.29) is 0 Å². The summed E-state index contributed by atoms with van der Waals surface area (Å²) >= 11 is 0. The fraction of sp³-hybridized carbons (Fsp3) is 0.846. The fourth-order valence-corrected chi connectivity index (χ4v) is 1.66. The van der Waals surface area contributed by atoms with E-state index in [4.69, 9.17) is 4.42 Å². The molecule has 0 saturated carbocycles. The SMILES string of the molecule is CCCCCC(C)Nc1nnc(CNC(C)C)o1. The molecule has 0 saturated heterocycles. The van der Waals surface area contributed by atoms with Gasteiger partial charge in [0.2, 0.25) is 5.89 Å². The molecule has 0 aliphatic rings. The summed E-state index contributed by atoms with van der Waals surface area (Å²) in [7, 11) is 0. The molecule has 1 aromatic rings. The summed E-state index contributed by atoms with van der Waals surface area (Å²) in [4.78, 5) is 0. The van der Waals surface area contributed by atoms with E-state index in [9.17, 15) is 0 Å². The van der Waals surface area contributed by atoms with Gasteiger partial charge in [0.15, 0.2) is 0 Å². The number of nitrogens with one attached hydrogen (secondary N) is 2. The molecule has 0 aliphatic carbocycles. The van der Waals surface area contributed by atoms with Crippen LogP contribution in [0.15, 0.2) is 4.42 Å². The molecule has 0 amide bonds. The zero-order valence-corrected chi connectivity index (χ0v) is 12.0. The minimum atomic E-state index is 0.378. The third kappa shape index (κ3) is 6.00. The first-order chi connectivity index (χ1) is 8.61. The van der Waals surface area contributed by atoms with Crippen molar-refractivity contribution in [2.24, 2.45) is 0 Å². The molecule has 104 valence electrons. The lowest BCUT2D eigenvalue weighted by atomic mass is 10.1. The lowest BCUT2D eigenvalue weighted by Crippen LogP contribution is -2.21. The molecule has 0 aliphatic heterocycles. The normalized spacial score (nSPS) is 12.9. The van der Waals surface area contributed by atoms with Crippen LogP contribution in [-0.4, -0.2) is 22.3 Å². The van der Waals surface area contributed by atoms with Gasteiger partial charge in [-0.25, -0.2) is 0 Å². The molecule has 5 heteroatoms. The van der Waals surface area contributed by atoms with Crippen molar-refractivity contribution in [3.05, 3.63) is 5.89 Å². The molecule has 1 atom stereocenters. The van der Waals surface area contributed by atoms with E-state index in [1.165, 1.54) is 19.3 Å². The van der Waals surface area contributed by atoms with Crippen LogP contribution in [0.5, 0.6) is 0 Å². The quantitative estimate of drug-likeness (QED) is 0.663. The maximum Gasteiger partial charge on any atom is 0.315 e. The molecule has 1 aromatic heterocycles. The molecule has 0 radical (unpaired) electrons. The Morgan fingerprint density at radius 1 is 1.17 bits per heavy atom. The lowest BCUT2D eigenvalue weighted by Gasteiger charge is -2.10. The zero-order valence-electron chi connectivity index (χ0n) is 12.0. The van der Waals surface area contributed by atoms with Crippen LogP contribution in [0.25, 0.3) is 0 Å². The molecule has 1 rings (SSSR count). The number of hydrogen-bond donors (Lipinski definition) is 2. The summed E-state index contributed by atoms with van der Waals surface area (Å²) in [6.45, 7) is 9.16. The molecule has 1 unspecified atom stereocenters. The number of unbranched alkanes of at least 4 members (excludes halogenated alkanes) is 2. The van der Waals surface area contributed by atoms with Crippen molar-refractivity contribution in [3.63, 3.8) is 0 Å². The van der Waals surface area contributed by atoms with Gasteiger partial charge in [0.1, 0.15) is 0 Å². The van der Waals surface area contributed by atoms with Gasteiger partial charge in [-0.05, 0) is 13.3 Å². The molecular formula is C13H26N4O. The minimum Gasteiger partial charge on any atom is -0.407 e. The third-order valence-electron chi connectivity index (χ3n) is 2.74. The first-order valence-electron chi connectivity index (χ1n) is 6.94. The van der Waals surface area contributed by atoms with E-state index in [0.29, 0.717) is 30.5 Å². The molecule has 0 aromatic carbocycles. The molecule has 0 bridgehead atoms. The highest BCUT2D eigenvalue weighted by Crippen LogP contribution is 2.10. The van der Waals surface area contributed by atoms with Crippen LogP contribution in [0.3, 0.4) is 0 Å². The predicted molar refractivity (Wildman–Crippen MR) is 73.5 cm³/mol. The van der Waals surface area contributed by atoms with E-state index in [1.54, 1.807) is 0 Å². The summed E-state index contributed by atoms with van der Waals surface area (Å²) in [5.74, 6) is 0.631. The second-order valence-electron chi connectivity index (χ2n) is 5.08. The summed E-state index contributed by atoms with van der Waals surface area (Å²) in [6.07, 6.45) is 4.90. The molecule has 0 fully saturated rings. The standard InChI is InChI=1S/C13H26N4O/c1-5-6-7-8-11(4)15-13-17-16-12(18-13)9-14-10(2)3/h10-11,14H,5-9H2,1-4H3,(H,15,17). The number of anilines is 1. The average Bonchev–Trinajstić information content (AvgIpc) is 2.74. The van der Waals surface area contributed by atoms with Gasteiger partial charge in [-0.1, -0.05) is 45.1 Å². The monoisotopic (exact) mass is 254 g/mol. The second kappa shape index (κ2) is 8.08. The van der Waals surface area contributed by atoms with Crippen LogP contribution in [-0.2, 0) is 6.54 Å². The van der Waals surface area contributed by atoms with E-state index in [0.717, 1.165) is 6.42 Å². The van der Waals surface area contributed by atoms with Gasteiger partial charge in [-0.3, -0.25) is 0 Å². The Bertz CT molecular complexity index is 325. The predicted octanol–water partition coefficient (Wildman–Crippen LogP) is 2.95. The Labute approximate surface area is 110 Å². The molecule has 5 nitrogen and oxygen atoms in total. The average molecular weight is 254 g/mol. The van der Waals surface area contributed by atoms with Crippen molar-refractivity contribution in [2.45, 2.75) is 72.0 Å². The topological polar surface area (TPSA) is 63.0 Å². The highest BCUT2D eigenvalue weighted by molar-refractivity contribution is 5.18. The van der Waals surface area contributed by atoms with Crippen LogP contribution in [0.4, 0.5) is 6.01 Å². The lowest BCUT2D eigenvalue weighted by molar-refractivity contribution is 0.454. The second-order valence-corrected chi connectivity index (χ2v) is 5.08. The van der Waals surface area contributed by atoms with E-state index in [1.807, 2.05) is 0 Å². The van der Waals surface area contributed by atoms with Gasteiger partial charge < -0.3 is 15.1 Å². The highest BCUT2D eigenvalue weighted by atomic mass is 16.4. The van der Waals surface area contributed by atoms with Crippen molar-refractivity contribution in [3.8, 4) is 0 Å². The third-order valence-corrected chi connectivity index (χ3v) is 2.74. The highest BCUT2D eigenvalue weighted by Gasteiger charge is 2.09. The Balaban J connectivity index is 2.29. The van der Waals surface area contributed by atoms with Gasteiger partial charge in [0, 0.05) is 12.1 Å². The van der Waals surface area contributed by atoms with E-state index >= 15 is 0 Å². The summed E-state index contributed by atoms with van der Waals surface area (Å²) < 4.78 is 5.52. The van der Waals surface area contributed by atoms with Crippen LogP contribution >= 0.6 is 0 Å². The smallest absolute Gasteiger partial charge is 0.315 e. The van der Waals surface area contributed by atoms with Gasteiger partial charge in [0.05, 0.1) is 6.54 Å². The first kappa shape index (κ1) is 15.0. The molecular weight excluding hydrogens is 228 g/mol. The van der Waals surface area contributed by atoms with E-state index in [2.05, 4.69) is 48.5 Å². The number of rotatable bonds is 9. The van der Waals surface area contributed by atoms with Crippen molar-refractivity contribution < 1.29 is 4.42 Å². The van der Waals surface area contributed by atoms with Crippen LogP contribution in [0.2, 0.25) is 0 Å². The summed E-state index contributed by atoms with van der Waals surface area (Å²) in [5, 5.41) is 14.5.